The molecule has 1 saturated heterocycles. The quantitative estimate of drug-likeness (QED) is 0.598. The third-order valence-corrected chi connectivity index (χ3v) is 6.29. The Morgan fingerprint density at radius 3 is 2.44 bits per heavy atom. The molecule has 0 unspecified atom stereocenters. The maximum atomic E-state index is 4.87. The third kappa shape index (κ3) is 3.34. The molecule has 0 bridgehead atoms. The monoisotopic (exact) mass is 348 g/mol. The second kappa shape index (κ2) is 6.64. The molecule has 3 heteroatoms. The van der Waals surface area contributed by atoms with Gasteiger partial charge < -0.3 is 4.90 Å². The number of hydrogen-bond acceptors (Lipinski definition) is 3. The highest BCUT2D eigenvalue weighted by molar-refractivity contribution is 7.18. The molecule has 128 valence electrons. The molecule has 1 fully saturated rings. The summed E-state index contributed by atoms with van der Waals surface area (Å²) in [5.41, 5.74) is 6.18. The average Bonchev–Trinajstić information content (AvgIpc) is 3.04. The lowest BCUT2D eigenvalue weighted by Gasteiger charge is -2.34. The molecule has 0 atom stereocenters. The molecule has 0 aliphatic carbocycles. The molecule has 0 amide bonds. The van der Waals surface area contributed by atoms with Crippen LogP contribution in [0.25, 0.3) is 15.9 Å². The van der Waals surface area contributed by atoms with E-state index in [0.29, 0.717) is 5.92 Å². The number of para-hydroxylation sites is 1. The first-order valence-corrected chi connectivity index (χ1v) is 9.80. The van der Waals surface area contributed by atoms with Gasteiger partial charge in [0.15, 0.2) is 0 Å². The standard InChI is InChI=1S/C22H24N2S/c1-15-12-16(2)14-19(13-15)17(3)24-10-8-18(9-11-24)22-23-20-6-4-5-7-21(20)25-22/h4-7,12-14,18H,3,8-11H2,1-2H3. The largest absolute Gasteiger partial charge is 0.371 e. The minimum absolute atomic E-state index is 0.584. The van der Waals surface area contributed by atoms with E-state index in [1.807, 2.05) is 11.3 Å². The van der Waals surface area contributed by atoms with E-state index in [4.69, 9.17) is 4.98 Å². The number of piperidine rings is 1. The van der Waals surface area contributed by atoms with E-state index in [1.165, 1.54) is 26.4 Å². The topological polar surface area (TPSA) is 16.1 Å². The summed E-state index contributed by atoms with van der Waals surface area (Å²) in [5.74, 6) is 0.584. The van der Waals surface area contributed by atoms with Gasteiger partial charge in [0, 0.05) is 24.7 Å². The van der Waals surface area contributed by atoms with Gasteiger partial charge in [0.05, 0.1) is 15.2 Å². The molecule has 0 N–H and O–H groups in total. The first-order valence-electron chi connectivity index (χ1n) is 8.98. The molecule has 1 aliphatic heterocycles. The van der Waals surface area contributed by atoms with E-state index in [2.05, 4.69) is 67.8 Å². The van der Waals surface area contributed by atoms with E-state index in [1.54, 1.807) is 0 Å². The molecule has 4 rings (SSSR count). The van der Waals surface area contributed by atoms with Gasteiger partial charge in [-0.3, -0.25) is 0 Å². The van der Waals surface area contributed by atoms with Crippen molar-refractivity contribution in [3.63, 3.8) is 0 Å². The van der Waals surface area contributed by atoms with E-state index in [9.17, 15) is 0 Å². The predicted molar refractivity (Wildman–Crippen MR) is 108 cm³/mol. The smallest absolute Gasteiger partial charge is 0.0970 e. The van der Waals surface area contributed by atoms with Crippen molar-refractivity contribution >= 4 is 27.3 Å². The van der Waals surface area contributed by atoms with E-state index >= 15 is 0 Å². The number of likely N-dealkylation sites (tertiary alicyclic amines) is 1. The predicted octanol–water partition coefficient (Wildman–Crippen LogP) is 5.76. The van der Waals surface area contributed by atoms with E-state index in [0.717, 1.165) is 37.1 Å². The van der Waals surface area contributed by atoms with Crippen molar-refractivity contribution < 1.29 is 0 Å². The zero-order valence-electron chi connectivity index (χ0n) is 15.0. The highest BCUT2D eigenvalue weighted by atomic mass is 32.1. The Labute approximate surface area is 153 Å². The summed E-state index contributed by atoms with van der Waals surface area (Å²) in [7, 11) is 0. The molecule has 25 heavy (non-hydrogen) atoms. The molecular formula is C22H24N2S. The second-order valence-corrected chi connectivity index (χ2v) is 8.17. The van der Waals surface area contributed by atoms with Crippen LogP contribution >= 0.6 is 11.3 Å². The van der Waals surface area contributed by atoms with Crippen LogP contribution in [0, 0.1) is 13.8 Å². The minimum atomic E-state index is 0.584. The molecule has 0 radical (unpaired) electrons. The maximum absolute atomic E-state index is 4.87. The van der Waals surface area contributed by atoms with Crippen LogP contribution in [-0.2, 0) is 0 Å². The van der Waals surface area contributed by atoms with Gasteiger partial charge in [0.2, 0.25) is 0 Å². The maximum Gasteiger partial charge on any atom is 0.0970 e. The van der Waals surface area contributed by atoms with Gasteiger partial charge in [-0.15, -0.1) is 11.3 Å². The van der Waals surface area contributed by atoms with E-state index in [-0.39, 0.29) is 0 Å². The van der Waals surface area contributed by atoms with Crippen molar-refractivity contribution in [2.75, 3.05) is 13.1 Å². The van der Waals surface area contributed by atoms with Crippen LogP contribution in [0.5, 0.6) is 0 Å². The molecule has 2 aromatic carbocycles. The van der Waals surface area contributed by atoms with Gasteiger partial charge >= 0.3 is 0 Å². The Hall–Kier alpha value is -2.13. The molecule has 1 aromatic heterocycles. The Morgan fingerprint density at radius 1 is 1.08 bits per heavy atom. The lowest BCUT2D eigenvalue weighted by molar-refractivity contribution is 0.299. The first-order chi connectivity index (χ1) is 12.1. The van der Waals surface area contributed by atoms with Crippen LogP contribution in [0.2, 0.25) is 0 Å². The van der Waals surface area contributed by atoms with E-state index < -0.39 is 0 Å². The zero-order valence-corrected chi connectivity index (χ0v) is 15.8. The van der Waals surface area contributed by atoms with Crippen molar-refractivity contribution in [1.82, 2.24) is 9.88 Å². The normalized spacial score (nSPS) is 15.7. The minimum Gasteiger partial charge on any atom is -0.371 e. The van der Waals surface area contributed by atoms with Crippen molar-refractivity contribution in [2.24, 2.45) is 0 Å². The van der Waals surface area contributed by atoms with Crippen molar-refractivity contribution in [1.29, 1.82) is 0 Å². The summed E-state index contributed by atoms with van der Waals surface area (Å²) in [6.07, 6.45) is 2.31. The number of benzene rings is 2. The lowest BCUT2D eigenvalue weighted by atomic mass is 9.96. The van der Waals surface area contributed by atoms with Crippen LogP contribution in [0.4, 0.5) is 0 Å². The fourth-order valence-corrected chi connectivity index (χ4v) is 4.92. The highest BCUT2D eigenvalue weighted by Crippen LogP contribution is 2.35. The number of nitrogens with zero attached hydrogens (tertiary/aromatic N) is 2. The molecular weight excluding hydrogens is 324 g/mol. The van der Waals surface area contributed by atoms with Crippen LogP contribution in [0.3, 0.4) is 0 Å². The Bertz CT molecular complexity index is 863. The van der Waals surface area contributed by atoms with Gasteiger partial charge in [-0.1, -0.05) is 35.9 Å². The summed E-state index contributed by atoms with van der Waals surface area (Å²) < 4.78 is 1.31. The number of thiazole rings is 1. The summed E-state index contributed by atoms with van der Waals surface area (Å²) in [5, 5.41) is 1.30. The molecule has 0 saturated carbocycles. The van der Waals surface area contributed by atoms with Crippen molar-refractivity contribution in [3.8, 4) is 0 Å². The molecule has 3 aromatic rings. The summed E-state index contributed by atoms with van der Waals surface area (Å²) >= 11 is 1.86. The van der Waals surface area contributed by atoms with Crippen LogP contribution in [0.15, 0.2) is 49.0 Å². The molecule has 2 nitrogen and oxygen atoms in total. The highest BCUT2D eigenvalue weighted by Gasteiger charge is 2.24. The van der Waals surface area contributed by atoms with Gasteiger partial charge in [0.1, 0.15) is 0 Å². The fourth-order valence-electron chi connectivity index (χ4n) is 3.78. The lowest BCUT2D eigenvalue weighted by Crippen LogP contribution is -2.31. The number of fused-ring (bicyclic) bond motifs is 1. The molecule has 1 aliphatic rings. The Morgan fingerprint density at radius 2 is 1.76 bits per heavy atom. The van der Waals surface area contributed by atoms with Crippen LogP contribution in [0.1, 0.15) is 40.5 Å². The number of aryl methyl sites for hydroxylation is 2. The number of aromatic nitrogens is 1. The number of rotatable bonds is 3. The second-order valence-electron chi connectivity index (χ2n) is 7.10. The van der Waals surface area contributed by atoms with Gasteiger partial charge in [0.25, 0.3) is 0 Å². The van der Waals surface area contributed by atoms with Gasteiger partial charge in [-0.2, -0.15) is 0 Å². The zero-order chi connectivity index (χ0) is 17.4. The molecule has 0 spiro atoms. The third-order valence-electron chi connectivity index (χ3n) is 5.09. The number of hydrogen-bond donors (Lipinski definition) is 0. The van der Waals surface area contributed by atoms with Crippen LogP contribution < -0.4 is 0 Å². The molecule has 2 heterocycles. The average molecular weight is 349 g/mol. The SMILES string of the molecule is C=C(c1cc(C)cc(C)c1)N1CCC(c2nc3ccccc3s2)CC1. The van der Waals surface area contributed by atoms with Gasteiger partial charge in [-0.25, -0.2) is 4.98 Å². The Balaban J connectivity index is 1.46. The van der Waals surface area contributed by atoms with Gasteiger partial charge in [-0.05, 0) is 56.5 Å². The van der Waals surface area contributed by atoms with Crippen molar-refractivity contribution in [2.45, 2.75) is 32.6 Å². The summed E-state index contributed by atoms with van der Waals surface area (Å²) in [4.78, 5) is 7.31. The fraction of sp³-hybridized carbons (Fsp3) is 0.318. The summed E-state index contributed by atoms with van der Waals surface area (Å²) in [6, 6.07) is 15.2. The van der Waals surface area contributed by atoms with Crippen molar-refractivity contribution in [3.05, 3.63) is 70.7 Å². The first kappa shape index (κ1) is 16.3. The van der Waals surface area contributed by atoms with Crippen LogP contribution in [-0.4, -0.2) is 23.0 Å². The Kier molecular flexibility index (Phi) is 4.34. The summed E-state index contributed by atoms with van der Waals surface area (Å²) in [6.45, 7) is 10.8.